The van der Waals surface area contributed by atoms with Crippen LogP contribution in [0.25, 0.3) is 20.8 Å². The van der Waals surface area contributed by atoms with Crippen molar-refractivity contribution < 1.29 is 0 Å². The zero-order chi connectivity index (χ0) is 12.7. The van der Waals surface area contributed by atoms with Gasteiger partial charge in [0.25, 0.3) is 0 Å². The van der Waals surface area contributed by atoms with E-state index >= 15 is 0 Å². The lowest BCUT2D eigenvalue weighted by Crippen LogP contribution is -1.82. The van der Waals surface area contributed by atoms with E-state index in [1.54, 1.807) is 11.3 Å². The fraction of sp³-hybridized carbons (Fsp3) is 0.0714. The zero-order valence-corrected chi connectivity index (χ0v) is 13.6. The molecule has 1 nitrogen and oxygen atoms in total. The molecule has 18 heavy (non-hydrogen) atoms. The van der Waals surface area contributed by atoms with Crippen molar-refractivity contribution in [3.05, 3.63) is 50.9 Å². The molecule has 0 N–H and O–H groups in total. The SMILES string of the molecule is Cc1c(Br)cc(-c2nc3ccccc3s2)cc1Br. The molecule has 0 bridgehead atoms. The molecule has 4 heteroatoms. The molecule has 0 saturated carbocycles. The summed E-state index contributed by atoms with van der Waals surface area (Å²) in [4.78, 5) is 4.67. The summed E-state index contributed by atoms with van der Waals surface area (Å²) in [5.41, 5.74) is 3.41. The highest BCUT2D eigenvalue weighted by Gasteiger charge is 2.09. The number of hydrogen-bond donors (Lipinski definition) is 0. The van der Waals surface area contributed by atoms with Crippen molar-refractivity contribution in [2.45, 2.75) is 6.92 Å². The average Bonchev–Trinajstić information content (AvgIpc) is 2.79. The molecule has 3 aromatic rings. The van der Waals surface area contributed by atoms with Gasteiger partial charge in [-0.3, -0.25) is 0 Å². The Hall–Kier alpha value is -0.710. The first-order chi connectivity index (χ1) is 8.65. The molecule has 0 aliphatic heterocycles. The van der Waals surface area contributed by atoms with Crippen molar-refractivity contribution >= 4 is 53.4 Å². The first kappa shape index (κ1) is 12.3. The van der Waals surface area contributed by atoms with Gasteiger partial charge in [0.05, 0.1) is 10.2 Å². The van der Waals surface area contributed by atoms with Crippen molar-refractivity contribution in [1.29, 1.82) is 0 Å². The predicted octanol–water partition coefficient (Wildman–Crippen LogP) is 5.80. The molecule has 3 rings (SSSR count). The van der Waals surface area contributed by atoms with Crippen LogP contribution in [0, 0.1) is 6.92 Å². The number of hydrogen-bond acceptors (Lipinski definition) is 2. The normalized spacial score (nSPS) is 11.1. The molecule has 2 aromatic carbocycles. The van der Waals surface area contributed by atoms with Crippen LogP contribution in [0.15, 0.2) is 45.3 Å². The average molecular weight is 383 g/mol. The molecule has 0 atom stereocenters. The summed E-state index contributed by atoms with van der Waals surface area (Å²) in [7, 11) is 0. The number of rotatable bonds is 1. The topological polar surface area (TPSA) is 12.9 Å². The summed E-state index contributed by atoms with van der Waals surface area (Å²) >= 11 is 8.89. The van der Waals surface area contributed by atoms with Gasteiger partial charge in [0.15, 0.2) is 0 Å². The van der Waals surface area contributed by atoms with Gasteiger partial charge in [0, 0.05) is 14.5 Å². The van der Waals surface area contributed by atoms with E-state index in [2.05, 4.69) is 62.0 Å². The number of thiazole rings is 1. The molecule has 0 aliphatic carbocycles. The Labute approximate surface area is 126 Å². The molecule has 0 fully saturated rings. The highest BCUT2D eigenvalue weighted by molar-refractivity contribution is 9.11. The monoisotopic (exact) mass is 381 g/mol. The van der Waals surface area contributed by atoms with E-state index in [-0.39, 0.29) is 0 Å². The lowest BCUT2D eigenvalue weighted by Gasteiger charge is -2.04. The quantitative estimate of drug-likeness (QED) is 0.518. The molecule has 0 radical (unpaired) electrons. The maximum atomic E-state index is 4.67. The van der Waals surface area contributed by atoms with Crippen LogP contribution >= 0.6 is 43.2 Å². The molecule has 1 heterocycles. The largest absolute Gasteiger partial charge is 0.236 e. The van der Waals surface area contributed by atoms with E-state index in [0.29, 0.717) is 0 Å². The lowest BCUT2D eigenvalue weighted by molar-refractivity contribution is 1.38. The van der Waals surface area contributed by atoms with E-state index in [1.165, 1.54) is 10.3 Å². The lowest BCUT2D eigenvalue weighted by atomic mass is 10.1. The van der Waals surface area contributed by atoms with Gasteiger partial charge in [-0.15, -0.1) is 11.3 Å². The minimum absolute atomic E-state index is 1.05. The van der Waals surface area contributed by atoms with Crippen LogP contribution in [-0.2, 0) is 0 Å². The molecule has 0 amide bonds. The van der Waals surface area contributed by atoms with Gasteiger partial charge in [-0.2, -0.15) is 0 Å². The molecular formula is C14H9Br2NS. The summed E-state index contributed by atoms with van der Waals surface area (Å²) in [5, 5.41) is 1.05. The van der Waals surface area contributed by atoms with Crippen LogP contribution in [0.4, 0.5) is 0 Å². The minimum atomic E-state index is 1.05. The fourth-order valence-corrected chi connectivity index (χ4v) is 3.90. The summed E-state index contributed by atoms with van der Waals surface area (Å²) in [6.07, 6.45) is 0. The Balaban J connectivity index is 2.20. The molecule has 1 aromatic heterocycles. The van der Waals surface area contributed by atoms with Gasteiger partial charge in [-0.1, -0.05) is 44.0 Å². The van der Waals surface area contributed by atoms with Gasteiger partial charge in [0.1, 0.15) is 5.01 Å². The fourth-order valence-electron chi connectivity index (χ4n) is 1.76. The van der Waals surface area contributed by atoms with Gasteiger partial charge in [0.2, 0.25) is 0 Å². The van der Waals surface area contributed by atoms with E-state index in [9.17, 15) is 0 Å². The van der Waals surface area contributed by atoms with Crippen molar-refractivity contribution in [2.24, 2.45) is 0 Å². The van der Waals surface area contributed by atoms with Crippen LogP contribution < -0.4 is 0 Å². The third-order valence-corrected chi connectivity index (χ3v) is 5.55. The predicted molar refractivity (Wildman–Crippen MR) is 85.2 cm³/mol. The van der Waals surface area contributed by atoms with Gasteiger partial charge < -0.3 is 0 Å². The second kappa shape index (κ2) is 4.76. The standard InChI is InChI=1S/C14H9Br2NS/c1-8-10(15)6-9(7-11(8)16)14-17-12-4-2-3-5-13(12)18-14/h2-7H,1H3. The summed E-state index contributed by atoms with van der Waals surface area (Å²) in [6, 6.07) is 12.5. The first-order valence-corrected chi connectivity index (χ1v) is 7.87. The molecule has 0 unspecified atom stereocenters. The van der Waals surface area contributed by atoms with Crippen molar-refractivity contribution in [2.75, 3.05) is 0 Å². The highest BCUT2D eigenvalue weighted by atomic mass is 79.9. The Morgan fingerprint density at radius 1 is 1.06 bits per heavy atom. The minimum Gasteiger partial charge on any atom is -0.236 e. The first-order valence-electron chi connectivity index (χ1n) is 5.47. The summed E-state index contributed by atoms with van der Waals surface area (Å²) < 4.78 is 3.43. The van der Waals surface area contributed by atoms with Gasteiger partial charge in [-0.25, -0.2) is 4.98 Å². The van der Waals surface area contributed by atoms with Crippen molar-refractivity contribution in [3.8, 4) is 10.6 Å². The van der Waals surface area contributed by atoms with Crippen LogP contribution in [0.2, 0.25) is 0 Å². The van der Waals surface area contributed by atoms with Gasteiger partial charge in [-0.05, 0) is 36.8 Å². The maximum Gasteiger partial charge on any atom is 0.124 e. The molecule has 0 aliphatic rings. The van der Waals surface area contributed by atoms with E-state index in [4.69, 9.17) is 0 Å². The van der Waals surface area contributed by atoms with Crippen LogP contribution in [0.3, 0.4) is 0 Å². The molecular weight excluding hydrogens is 374 g/mol. The number of benzene rings is 2. The summed E-state index contributed by atoms with van der Waals surface area (Å²) in [5.74, 6) is 0. The van der Waals surface area contributed by atoms with Crippen LogP contribution in [0.1, 0.15) is 5.56 Å². The smallest absolute Gasteiger partial charge is 0.124 e. The Morgan fingerprint density at radius 2 is 1.72 bits per heavy atom. The van der Waals surface area contributed by atoms with Crippen LogP contribution in [0.5, 0.6) is 0 Å². The number of halogens is 2. The second-order valence-corrected chi connectivity index (χ2v) is 6.79. The van der Waals surface area contributed by atoms with Gasteiger partial charge >= 0.3 is 0 Å². The third-order valence-electron chi connectivity index (χ3n) is 2.82. The Bertz CT molecular complexity index is 677. The van der Waals surface area contributed by atoms with E-state index in [0.717, 1.165) is 25.0 Å². The van der Waals surface area contributed by atoms with Crippen LogP contribution in [-0.4, -0.2) is 4.98 Å². The number of fused-ring (bicyclic) bond motifs is 1. The Morgan fingerprint density at radius 3 is 2.39 bits per heavy atom. The maximum absolute atomic E-state index is 4.67. The second-order valence-electron chi connectivity index (χ2n) is 4.05. The van der Waals surface area contributed by atoms with E-state index in [1.807, 2.05) is 18.2 Å². The third kappa shape index (κ3) is 2.13. The van der Waals surface area contributed by atoms with Crippen molar-refractivity contribution in [3.63, 3.8) is 0 Å². The number of para-hydroxylation sites is 1. The highest BCUT2D eigenvalue weighted by Crippen LogP contribution is 2.35. The molecule has 90 valence electrons. The Kier molecular flexibility index (Phi) is 3.26. The van der Waals surface area contributed by atoms with Crippen molar-refractivity contribution in [1.82, 2.24) is 4.98 Å². The summed E-state index contributed by atoms with van der Waals surface area (Å²) in [6.45, 7) is 2.08. The number of aromatic nitrogens is 1. The molecule has 0 spiro atoms. The molecule has 0 saturated heterocycles. The number of nitrogens with zero attached hydrogens (tertiary/aromatic N) is 1. The van der Waals surface area contributed by atoms with E-state index < -0.39 is 0 Å². The zero-order valence-electron chi connectivity index (χ0n) is 9.58.